The second kappa shape index (κ2) is 12.3. The summed E-state index contributed by atoms with van der Waals surface area (Å²) in [6, 6.07) is 8.20. The molecule has 10 heteroatoms. The molecule has 10 nitrogen and oxygen atoms in total. The molecule has 1 aromatic heterocycles. The number of ether oxygens (including phenoxy) is 1. The highest BCUT2D eigenvalue weighted by Crippen LogP contribution is 2.30. The van der Waals surface area contributed by atoms with Gasteiger partial charge in [0.1, 0.15) is 11.7 Å². The van der Waals surface area contributed by atoms with E-state index in [0.717, 1.165) is 5.56 Å². The normalized spacial score (nSPS) is 18.1. The van der Waals surface area contributed by atoms with Gasteiger partial charge in [0.05, 0.1) is 19.2 Å². The Hall–Kier alpha value is -3.66. The molecule has 0 saturated carbocycles. The molecule has 0 saturated heterocycles. The second-order valence-electron chi connectivity index (χ2n) is 10.5. The van der Waals surface area contributed by atoms with Crippen molar-refractivity contribution in [3.05, 3.63) is 47.7 Å². The van der Waals surface area contributed by atoms with Gasteiger partial charge in [0.25, 0.3) is 11.8 Å². The number of likely N-dealkylation sites (N-methyl/N-ethyl adjacent to an activating group) is 1. The summed E-state index contributed by atoms with van der Waals surface area (Å²) in [7, 11) is 5.10. The zero-order valence-corrected chi connectivity index (χ0v) is 23.3. The number of nitrogens with one attached hydrogen (secondary N) is 1. The molecule has 38 heavy (non-hydrogen) atoms. The highest BCUT2D eigenvalue weighted by molar-refractivity contribution is 5.98. The van der Waals surface area contributed by atoms with E-state index >= 15 is 0 Å². The summed E-state index contributed by atoms with van der Waals surface area (Å²) in [4.78, 5) is 47.7. The van der Waals surface area contributed by atoms with Gasteiger partial charge in [0.2, 0.25) is 5.88 Å². The standard InChI is InChI=1S/C28H39N5O5/c1-17(2)30-28(37)32(7)15-24-18(3)14-33(19(4)16-34)27(36)23-12-22(13-29-25(23)38-24)20-8-10-21(11-9-20)26(35)31(5)6/h8-13,17-19,24,34H,14-16H2,1-7H3,(H,30,37)/t18-,19-,24-/m1/s1. The lowest BCUT2D eigenvalue weighted by Gasteiger charge is -2.37. The molecule has 1 aliphatic rings. The van der Waals surface area contributed by atoms with Crippen LogP contribution in [-0.4, -0.2) is 102 Å². The first-order valence-electron chi connectivity index (χ1n) is 12.8. The molecule has 0 bridgehead atoms. The summed E-state index contributed by atoms with van der Waals surface area (Å²) >= 11 is 0. The van der Waals surface area contributed by atoms with Gasteiger partial charge < -0.3 is 29.9 Å². The summed E-state index contributed by atoms with van der Waals surface area (Å²) in [5.74, 6) is -0.343. The lowest BCUT2D eigenvalue weighted by atomic mass is 9.99. The van der Waals surface area contributed by atoms with Crippen LogP contribution in [-0.2, 0) is 0 Å². The number of nitrogens with zero attached hydrogens (tertiary/aromatic N) is 4. The predicted molar refractivity (Wildman–Crippen MR) is 145 cm³/mol. The number of benzene rings is 1. The van der Waals surface area contributed by atoms with E-state index in [2.05, 4.69) is 10.3 Å². The predicted octanol–water partition coefficient (Wildman–Crippen LogP) is 2.72. The van der Waals surface area contributed by atoms with Crippen LogP contribution in [0.5, 0.6) is 5.88 Å². The van der Waals surface area contributed by atoms with E-state index in [9.17, 15) is 19.5 Å². The smallest absolute Gasteiger partial charge is 0.317 e. The van der Waals surface area contributed by atoms with Crippen LogP contribution in [0.4, 0.5) is 4.79 Å². The Kier molecular flexibility index (Phi) is 9.32. The highest BCUT2D eigenvalue weighted by Gasteiger charge is 2.35. The molecule has 3 rings (SSSR count). The Morgan fingerprint density at radius 3 is 2.39 bits per heavy atom. The molecular formula is C28H39N5O5. The van der Waals surface area contributed by atoms with Gasteiger partial charge in [-0.05, 0) is 44.5 Å². The zero-order valence-electron chi connectivity index (χ0n) is 23.3. The molecule has 1 aromatic carbocycles. The van der Waals surface area contributed by atoms with Crippen molar-refractivity contribution in [1.29, 1.82) is 0 Å². The fourth-order valence-electron chi connectivity index (χ4n) is 4.25. The molecule has 0 radical (unpaired) electrons. The highest BCUT2D eigenvalue weighted by atomic mass is 16.5. The number of pyridine rings is 1. The average molecular weight is 526 g/mol. The van der Waals surface area contributed by atoms with E-state index in [1.807, 2.05) is 32.9 Å². The van der Waals surface area contributed by atoms with E-state index in [0.29, 0.717) is 24.2 Å². The van der Waals surface area contributed by atoms with Crippen LogP contribution in [0.2, 0.25) is 0 Å². The number of aromatic nitrogens is 1. The summed E-state index contributed by atoms with van der Waals surface area (Å²) < 4.78 is 6.28. The number of hydrogen-bond acceptors (Lipinski definition) is 6. The molecule has 2 N–H and O–H groups in total. The van der Waals surface area contributed by atoms with Crippen LogP contribution < -0.4 is 10.1 Å². The molecule has 3 atom stereocenters. The van der Waals surface area contributed by atoms with E-state index in [-0.39, 0.29) is 47.9 Å². The van der Waals surface area contributed by atoms with Crippen molar-refractivity contribution in [2.45, 2.75) is 45.9 Å². The van der Waals surface area contributed by atoms with Crippen molar-refractivity contribution in [3.8, 4) is 17.0 Å². The summed E-state index contributed by atoms with van der Waals surface area (Å²) in [6.45, 7) is 7.98. The zero-order chi connectivity index (χ0) is 28.1. The van der Waals surface area contributed by atoms with Gasteiger partial charge in [-0.15, -0.1) is 0 Å². The number of aliphatic hydroxyl groups excluding tert-OH is 1. The number of aliphatic hydroxyl groups is 1. The van der Waals surface area contributed by atoms with Gasteiger partial charge in [0, 0.05) is 57.0 Å². The van der Waals surface area contributed by atoms with Crippen molar-refractivity contribution in [2.24, 2.45) is 5.92 Å². The minimum absolute atomic E-state index is 0.00461. The SMILES string of the molecule is CC(C)NC(=O)N(C)C[C@H]1Oc2ncc(-c3ccc(C(=O)N(C)C)cc3)cc2C(=O)N([C@H](C)CO)C[C@H]1C. The molecule has 0 aliphatic carbocycles. The van der Waals surface area contributed by atoms with Crippen LogP contribution in [0.15, 0.2) is 36.5 Å². The molecule has 0 spiro atoms. The van der Waals surface area contributed by atoms with Gasteiger partial charge in [-0.2, -0.15) is 0 Å². The molecule has 206 valence electrons. The number of amides is 4. The fourth-order valence-corrected chi connectivity index (χ4v) is 4.25. The number of hydrogen-bond donors (Lipinski definition) is 2. The van der Waals surface area contributed by atoms with Crippen molar-refractivity contribution >= 4 is 17.8 Å². The van der Waals surface area contributed by atoms with E-state index in [1.165, 1.54) is 4.90 Å². The van der Waals surface area contributed by atoms with E-state index in [4.69, 9.17) is 4.74 Å². The minimum atomic E-state index is -0.437. The quantitative estimate of drug-likeness (QED) is 0.575. The van der Waals surface area contributed by atoms with Crippen LogP contribution in [0, 0.1) is 5.92 Å². The first-order chi connectivity index (χ1) is 17.9. The largest absolute Gasteiger partial charge is 0.472 e. The first-order valence-corrected chi connectivity index (χ1v) is 12.8. The molecular weight excluding hydrogens is 486 g/mol. The van der Waals surface area contributed by atoms with E-state index in [1.54, 1.807) is 62.3 Å². The summed E-state index contributed by atoms with van der Waals surface area (Å²) in [5, 5.41) is 12.8. The second-order valence-corrected chi connectivity index (χ2v) is 10.5. The maximum atomic E-state index is 13.7. The van der Waals surface area contributed by atoms with Crippen molar-refractivity contribution in [1.82, 2.24) is 25.0 Å². The lowest BCUT2D eigenvalue weighted by Crippen LogP contribution is -2.51. The maximum absolute atomic E-state index is 13.7. The molecule has 1 aliphatic heterocycles. The van der Waals surface area contributed by atoms with Crippen LogP contribution in [0.25, 0.3) is 11.1 Å². The molecule has 4 amide bonds. The van der Waals surface area contributed by atoms with Crippen molar-refractivity contribution in [2.75, 3.05) is 40.8 Å². The van der Waals surface area contributed by atoms with Gasteiger partial charge in [-0.1, -0.05) is 19.1 Å². The first kappa shape index (κ1) is 28.9. The summed E-state index contributed by atoms with van der Waals surface area (Å²) in [6.07, 6.45) is 1.19. The minimum Gasteiger partial charge on any atom is -0.472 e. The molecule has 2 heterocycles. The molecule has 0 unspecified atom stereocenters. The lowest BCUT2D eigenvalue weighted by molar-refractivity contribution is 0.0352. The van der Waals surface area contributed by atoms with Crippen LogP contribution in [0.1, 0.15) is 48.4 Å². The van der Waals surface area contributed by atoms with Gasteiger partial charge in [0.15, 0.2) is 0 Å². The molecule has 2 aromatic rings. The van der Waals surface area contributed by atoms with E-state index < -0.39 is 12.1 Å². The number of urea groups is 1. The van der Waals surface area contributed by atoms with Crippen molar-refractivity contribution < 1.29 is 24.2 Å². The Morgan fingerprint density at radius 1 is 1.16 bits per heavy atom. The Bertz CT molecular complexity index is 1150. The van der Waals surface area contributed by atoms with Gasteiger partial charge in [-0.3, -0.25) is 9.59 Å². The third-order valence-corrected chi connectivity index (χ3v) is 6.61. The third-order valence-electron chi connectivity index (χ3n) is 6.61. The number of fused-ring (bicyclic) bond motifs is 1. The number of carbonyl (C=O) groups excluding carboxylic acids is 3. The van der Waals surface area contributed by atoms with Crippen LogP contribution in [0.3, 0.4) is 0 Å². The third kappa shape index (κ3) is 6.61. The topological polar surface area (TPSA) is 115 Å². The maximum Gasteiger partial charge on any atom is 0.317 e. The number of rotatable bonds is 7. The Morgan fingerprint density at radius 2 is 1.82 bits per heavy atom. The van der Waals surface area contributed by atoms with Crippen molar-refractivity contribution in [3.63, 3.8) is 0 Å². The monoisotopic (exact) mass is 525 g/mol. The van der Waals surface area contributed by atoms with Gasteiger partial charge in [-0.25, -0.2) is 9.78 Å². The number of carbonyl (C=O) groups is 3. The van der Waals surface area contributed by atoms with Gasteiger partial charge >= 0.3 is 6.03 Å². The van der Waals surface area contributed by atoms with Crippen LogP contribution >= 0.6 is 0 Å². The Labute approximate surface area is 224 Å². The fraction of sp³-hybridized carbons (Fsp3) is 0.500. The Balaban J connectivity index is 1.98. The summed E-state index contributed by atoms with van der Waals surface area (Å²) in [5.41, 5.74) is 2.33. The molecule has 0 fully saturated rings. The average Bonchev–Trinajstić information content (AvgIpc) is 2.89.